The van der Waals surface area contributed by atoms with E-state index >= 15 is 0 Å². The van der Waals surface area contributed by atoms with E-state index in [9.17, 15) is 22.8 Å². The standard InChI is InChI=1S/C6H6F3NO2/c7-6(8,9)3-1-4(11)10-5(12)2-3/h3H,1-2H2,(H,10,11,12). The van der Waals surface area contributed by atoms with Crippen LogP contribution in [0.4, 0.5) is 13.2 Å². The smallest absolute Gasteiger partial charge is 0.296 e. The van der Waals surface area contributed by atoms with Crippen molar-refractivity contribution in [1.29, 1.82) is 0 Å². The van der Waals surface area contributed by atoms with Crippen molar-refractivity contribution in [2.75, 3.05) is 0 Å². The van der Waals surface area contributed by atoms with E-state index in [0.29, 0.717) is 0 Å². The maximum Gasteiger partial charge on any atom is 0.392 e. The monoisotopic (exact) mass is 181 g/mol. The number of hydrogen-bond acceptors (Lipinski definition) is 2. The third-order valence-electron chi connectivity index (χ3n) is 1.61. The van der Waals surface area contributed by atoms with Crippen LogP contribution < -0.4 is 5.32 Å². The van der Waals surface area contributed by atoms with Crippen LogP contribution >= 0.6 is 0 Å². The molecule has 1 N–H and O–H groups in total. The number of alkyl halides is 3. The molecular weight excluding hydrogens is 175 g/mol. The third kappa shape index (κ3) is 1.96. The minimum absolute atomic E-state index is 0.644. The molecule has 1 saturated heterocycles. The van der Waals surface area contributed by atoms with E-state index in [2.05, 4.69) is 0 Å². The first-order valence-electron chi connectivity index (χ1n) is 3.29. The van der Waals surface area contributed by atoms with Gasteiger partial charge < -0.3 is 0 Å². The number of imide groups is 1. The lowest BCUT2D eigenvalue weighted by molar-refractivity contribution is -0.186. The summed E-state index contributed by atoms with van der Waals surface area (Å²) in [5, 5.41) is 1.80. The molecule has 0 aromatic heterocycles. The van der Waals surface area contributed by atoms with Crippen molar-refractivity contribution in [1.82, 2.24) is 5.32 Å². The topological polar surface area (TPSA) is 46.2 Å². The summed E-state index contributed by atoms with van der Waals surface area (Å²) in [4.78, 5) is 21.0. The molecule has 6 heteroatoms. The van der Waals surface area contributed by atoms with Gasteiger partial charge in [0.1, 0.15) is 0 Å². The molecule has 68 valence electrons. The summed E-state index contributed by atoms with van der Waals surface area (Å²) in [6.07, 6.45) is -5.74. The fourth-order valence-electron chi connectivity index (χ4n) is 1.01. The van der Waals surface area contributed by atoms with Gasteiger partial charge in [-0.25, -0.2) is 0 Å². The summed E-state index contributed by atoms with van der Waals surface area (Å²) in [5.74, 6) is -3.51. The number of nitrogens with one attached hydrogen (secondary N) is 1. The summed E-state index contributed by atoms with van der Waals surface area (Å²) in [7, 11) is 0. The van der Waals surface area contributed by atoms with E-state index in [0.717, 1.165) is 0 Å². The second-order valence-electron chi connectivity index (χ2n) is 2.62. The minimum atomic E-state index is -4.45. The van der Waals surface area contributed by atoms with Gasteiger partial charge in [0.15, 0.2) is 0 Å². The average Bonchev–Trinajstić information content (AvgIpc) is 1.82. The van der Waals surface area contributed by atoms with Crippen molar-refractivity contribution in [2.24, 2.45) is 5.92 Å². The Morgan fingerprint density at radius 1 is 1.17 bits per heavy atom. The Morgan fingerprint density at radius 2 is 1.58 bits per heavy atom. The minimum Gasteiger partial charge on any atom is -0.296 e. The first-order valence-corrected chi connectivity index (χ1v) is 3.29. The normalized spacial score (nSPS) is 20.9. The molecule has 1 heterocycles. The fraction of sp³-hybridized carbons (Fsp3) is 0.667. The molecule has 0 atom stereocenters. The van der Waals surface area contributed by atoms with Gasteiger partial charge in [-0.15, -0.1) is 0 Å². The van der Waals surface area contributed by atoms with Gasteiger partial charge >= 0.3 is 6.18 Å². The molecule has 1 rings (SSSR count). The lowest BCUT2D eigenvalue weighted by Crippen LogP contribution is -2.43. The highest BCUT2D eigenvalue weighted by molar-refractivity contribution is 5.97. The molecule has 3 nitrogen and oxygen atoms in total. The number of carbonyl (C=O) groups is 2. The van der Waals surface area contributed by atoms with Crippen LogP contribution in [0.1, 0.15) is 12.8 Å². The Morgan fingerprint density at radius 3 is 1.92 bits per heavy atom. The second kappa shape index (κ2) is 2.76. The zero-order valence-corrected chi connectivity index (χ0v) is 5.94. The number of carbonyl (C=O) groups excluding carboxylic acids is 2. The lowest BCUT2D eigenvalue weighted by Gasteiger charge is -2.22. The zero-order chi connectivity index (χ0) is 9.35. The van der Waals surface area contributed by atoms with Crippen LogP contribution in [0.25, 0.3) is 0 Å². The van der Waals surface area contributed by atoms with Crippen molar-refractivity contribution >= 4 is 11.8 Å². The molecule has 1 aliphatic heterocycles. The van der Waals surface area contributed by atoms with Crippen molar-refractivity contribution in [2.45, 2.75) is 19.0 Å². The maximum atomic E-state index is 12.0. The van der Waals surface area contributed by atoms with Crippen LogP contribution in [-0.2, 0) is 9.59 Å². The summed E-state index contributed by atoms with van der Waals surface area (Å²) in [5.41, 5.74) is 0. The van der Waals surface area contributed by atoms with Crippen molar-refractivity contribution in [3.8, 4) is 0 Å². The molecule has 1 fully saturated rings. The molecule has 0 saturated carbocycles. The molecule has 2 amide bonds. The summed E-state index contributed by atoms with van der Waals surface area (Å²) < 4.78 is 35.9. The molecule has 1 aliphatic rings. The van der Waals surface area contributed by atoms with Crippen molar-refractivity contribution < 1.29 is 22.8 Å². The van der Waals surface area contributed by atoms with Crippen molar-refractivity contribution in [3.63, 3.8) is 0 Å². The van der Waals surface area contributed by atoms with Crippen LogP contribution in [0, 0.1) is 5.92 Å². The van der Waals surface area contributed by atoms with E-state index in [-0.39, 0.29) is 0 Å². The molecular formula is C6H6F3NO2. The molecule has 0 aromatic rings. The van der Waals surface area contributed by atoms with E-state index in [1.54, 1.807) is 5.32 Å². The predicted octanol–water partition coefficient (Wildman–Crippen LogP) is 0.602. The van der Waals surface area contributed by atoms with Gasteiger partial charge in [0, 0.05) is 12.8 Å². The van der Waals surface area contributed by atoms with Crippen LogP contribution in [0.2, 0.25) is 0 Å². The van der Waals surface area contributed by atoms with E-state index < -0.39 is 36.8 Å². The van der Waals surface area contributed by atoms with Gasteiger partial charge in [0.05, 0.1) is 5.92 Å². The van der Waals surface area contributed by atoms with Crippen molar-refractivity contribution in [3.05, 3.63) is 0 Å². The highest BCUT2D eigenvalue weighted by atomic mass is 19.4. The fourth-order valence-corrected chi connectivity index (χ4v) is 1.01. The van der Waals surface area contributed by atoms with Gasteiger partial charge in [-0.05, 0) is 0 Å². The molecule has 0 unspecified atom stereocenters. The van der Waals surface area contributed by atoms with E-state index in [1.807, 2.05) is 0 Å². The Balaban J connectivity index is 2.68. The summed E-state index contributed by atoms with van der Waals surface area (Å²) in [6.45, 7) is 0. The van der Waals surface area contributed by atoms with Gasteiger partial charge in [-0.1, -0.05) is 0 Å². The number of hydrogen-bond donors (Lipinski definition) is 1. The Bertz CT molecular complexity index is 207. The first-order chi connectivity index (χ1) is 5.39. The van der Waals surface area contributed by atoms with Crippen LogP contribution in [0.5, 0.6) is 0 Å². The van der Waals surface area contributed by atoms with Gasteiger partial charge in [0.2, 0.25) is 11.8 Å². The van der Waals surface area contributed by atoms with Gasteiger partial charge in [0.25, 0.3) is 0 Å². The second-order valence-corrected chi connectivity index (χ2v) is 2.62. The maximum absolute atomic E-state index is 12.0. The summed E-state index contributed by atoms with van der Waals surface area (Å²) in [6, 6.07) is 0. The highest BCUT2D eigenvalue weighted by Crippen LogP contribution is 2.32. The quantitative estimate of drug-likeness (QED) is 0.556. The molecule has 0 spiro atoms. The first kappa shape index (κ1) is 9.02. The average molecular weight is 181 g/mol. The van der Waals surface area contributed by atoms with Gasteiger partial charge in [-0.2, -0.15) is 13.2 Å². The number of halogens is 3. The van der Waals surface area contributed by atoms with Crippen LogP contribution in [0.3, 0.4) is 0 Å². The predicted molar refractivity (Wildman–Crippen MR) is 31.9 cm³/mol. The Labute approximate surface area is 65.9 Å². The van der Waals surface area contributed by atoms with Gasteiger partial charge in [-0.3, -0.25) is 14.9 Å². The molecule has 0 aliphatic carbocycles. The number of amides is 2. The Hall–Kier alpha value is -1.07. The van der Waals surface area contributed by atoms with Crippen LogP contribution in [-0.4, -0.2) is 18.0 Å². The summed E-state index contributed by atoms with van der Waals surface area (Å²) >= 11 is 0. The molecule has 0 radical (unpaired) electrons. The zero-order valence-electron chi connectivity index (χ0n) is 5.94. The van der Waals surface area contributed by atoms with E-state index in [4.69, 9.17) is 0 Å². The Kier molecular flexibility index (Phi) is 2.08. The number of rotatable bonds is 0. The molecule has 0 bridgehead atoms. The number of piperidine rings is 1. The largest absolute Gasteiger partial charge is 0.392 e. The van der Waals surface area contributed by atoms with Crippen LogP contribution in [0.15, 0.2) is 0 Å². The SMILES string of the molecule is O=C1CC(C(F)(F)F)CC(=O)N1. The molecule has 12 heavy (non-hydrogen) atoms. The highest BCUT2D eigenvalue weighted by Gasteiger charge is 2.44. The molecule has 0 aromatic carbocycles. The van der Waals surface area contributed by atoms with E-state index in [1.165, 1.54) is 0 Å². The lowest BCUT2D eigenvalue weighted by atomic mass is 9.97. The third-order valence-corrected chi connectivity index (χ3v) is 1.61.